The van der Waals surface area contributed by atoms with Crippen molar-refractivity contribution in [2.24, 2.45) is 0 Å². The first kappa shape index (κ1) is 14.9. The summed E-state index contributed by atoms with van der Waals surface area (Å²) in [4.78, 5) is 5.10. The quantitative estimate of drug-likeness (QED) is 0.733. The molecule has 17 heavy (non-hydrogen) atoms. The molecule has 0 aromatic carbocycles. The fourth-order valence-electron chi connectivity index (χ4n) is 2.49. The maximum absolute atomic E-state index is 3.57. The number of likely N-dealkylation sites (tertiary alicyclic amines) is 1. The second kappa shape index (κ2) is 8.06. The van der Waals surface area contributed by atoms with E-state index in [1.165, 1.54) is 45.4 Å². The summed E-state index contributed by atoms with van der Waals surface area (Å²) in [7, 11) is 2.28. The van der Waals surface area contributed by atoms with Gasteiger partial charge in [-0.1, -0.05) is 13.8 Å². The summed E-state index contributed by atoms with van der Waals surface area (Å²) >= 11 is 0. The molecule has 0 amide bonds. The minimum Gasteiger partial charge on any atom is -0.313 e. The van der Waals surface area contributed by atoms with Gasteiger partial charge in [-0.05, 0) is 52.9 Å². The highest BCUT2D eigenvalue weighted by molar-refractivity contribution is 4.78. The van der Waals surface area contributed by atoms with E-state index in [9.17, 15) is 0 Å². The van der Waals surface area contributed by atoms with Gasteiger partial charge < -0.3 is 15.1 Å². The third kappa shape index (κ3) is 5.36. The lowest BCUT2D eigenvalue weighted by atomic mass is 10.0. The predicted molar refractivity (Wildman–Crippen MR) is 75.5 cm³/mol. The second-order valence-corrected chi connectivity index (χ2v) is 5.41. The zero-order valence-corrected chi connectivity index (χ0v) is 12.2. The Bertz CT molecular complexity index is 188. The number of hydrogen-bond acceptors (Lipinski definition) is 3. The first-order chi connectivity index (χ1) is 8.17. The molecule has 3 heteroatoms. The average Bonchev–Trinajstić information content (AvgIpc) is 2.38. The molecule has 0 aromatic rings. The van der Waals surface area contributed by atoms with Gasteiger partial charge in [0.2, 0.25) is 0 Å². The third-order valence-corrected chi connectivity index (χ3v) is 4.20. The maximum atomic E-state index is 3.57. The highest BCUT2D eigenvalue weighted by Crippen LogP contribution is 2.14. The molecule has 1 heterocycles. The van der Waals surface area contributed by atoms with Crippen LogP contribution in [0.25, 0.3) is 0 Å². The molecule has 1 unspecified atom stereocenters. The first-order valence-corrected chi connectivity index (χ1v) is 7.33. The summed E-state index contributed by atoms with van der Waals surface area (Å²) in [5, 5.41) is 3.57. The molecular weight excluding hydrogens is 210 g/mol. The second-order valence-electron chi connectivity index (χ2n) is 5.41. The van der Waals surface area contributed by atoms with E-state index >= 15 is 0 Å². The highest BCUT2D eigenvalue weighted by atomic mass is 15.2. The third-order valence-electron chi connectivity index (χ3n) is 4.20. The lowest BCUT2D eigenvalue weighted by Gasteiger charge is -2.36. The van der Waals surface area contributed by atoms with Crippen LogP contribution in [-0.4, -0.2) is 61.7 Å². The van der Waals surface area contributed by atoms with Crippen molar-refractivity contribution >= 4 is 0 Å². The van der Waals surface area contributed by atoms with E-state index in [2.05, 4.69) is 42.9 Å². The number of piperidine rings is 1. The Morgan fingerprint density at radius 2 is 1.94 bits per heavy atom. The zero-order valence-electron chi connectivity index (χ0n) is 12.2. The minimum absolute atomic E-state index is 0.658. The standard InChI is InChI=1S/C14H31N3/c1-5-13(3)15-9-12-16(4)14-7-10-17(6-2)11-8-14/h13-15H,5-12H2,1-4H3. The summed E-state index contributed by atoms with van der Waals surface area (Å²) in [6, 6.07) is 1.46. The number of likely N-dealkylation sites (N-methyl/N-ethyl adjacent to an activating group) is 1. The highest BCUT2D eigenvalue weighted by Gasteiger charge is 2.20. The Hall–Kier alpha value is -0.120. The fourth-order valence-corrected chi connectivity index (χ4v) is 2.49. The van der Waals surface area contributed by atoms with Gasteiger partial charge in [0.05, 0.1) is 0 Å². The maximum Gasteiger partial charge on any atom is 0.0117 e. The SMILES string of the molecule is CCC(C)NCCN(C)C1CCN(CC)CC1. The van der Waals surface area contributed by atoms with Gasteiger partial charge >= 0.3 is 0 Å². The lowest BCUT2D eigenvalue weighted by molar-refractivity contribution is 0.131. The Kier molecular flexibility index (Phi) is 7.09. The van der Waals surface area contributed by atoms with Gasteiger partial charge in [0.15, 0.2) is 0 Å². The van der Waals surface area contributed by atoms with Gasteiger partial charge in [-0.2, -0.15) is 0 Å². The Labute approximate surface area is 108 Å². The van der Waals surface area contributed by atoms with Crippen LogP contribution in [0.5, 0.6) is 0 Å². The Morgan fingerprint density at radius 3 is 2.47 bits per heavy atom. The van der Waals surface area contributed by atoms with Crippen LogP contribution >= 0.6 is 0 Å². The van der Waals surface area contributed by atoms with Crippen molar-refractivity contribution in [3.05, 3.63) is 0 Å². The molecule has 0 aromatic heterocycles. The summed E-state index contributed by atoms with van der Waals surface area (Å²) in [5.41, 5.74) is 0. The molecule has 0 aliphatic carbocycles. The van der Waals surface area contributed by atoms with Gasteiger partial charge in [0, 0.05) is 25.2 Å². The molecule has 1 fully saturated rings. The molecule has 1 rings (SSSR count). The summed E-state index contributed by atoms with van der Waals surface area (Å²) in [6.07, 6.45) is 3.90. The largest absolute Gasteiger partial charge is 0.313 e. The fraction of sp³-hybridized carbons (Fsp3) is 1.00. The topological polar surface area (TPSA) is 18.5 Å². The van der Waals surface area contributed by atoms with Crippen LogP contribution in [0.1, 0.15) is 40.0 Å². The van der Waals surface area contributed by atoms with Crippen LogP contribution in [-0.2, 0) is 0 Å². The molecular formula is C14H31N3. The number of nitrogens with zero attached hydrogens (tertiary/aromatic N) is 2. The molecule has 0 saturated carbocycles. The van der Waals surface area contributed by atoms with Crippen molar-refractivity contribution in [2.45, 2.75) is 52.1 Å². The van der Waals surface area contributed by atoms with Crippen molar-refractivity contribution in [2.75, 3.05) is 39.8 Å². The number of hydrogen-bond donors (Lipinski definition) is 1. The van der Waals surface area contributed by atoms with Crippen LogP contribution in [0.3, 0.4) is 0 Å². The van der Waals surface area contributed by atoms with Crippen molar-refractivity contribution in [3.8, 4) is 0 Å². The Balaban J connectivity index is 2.13. The van der Waals surface area contributed by atoms with Gasteiger partial charge in [-0.25, -0.2) is 0 Å². The van der Waals surface area contributed by atoms with E-state index < -0.39 is 0 Å². The monoisotopic (exact) mass is 241 g/mol. The summed E-state index contributed by atoms with van der Waals surface area (Å²) in [5.74, 6) is 0. The van der Waals surface area contributed by atoms with E-state index in [4.69, 9.17) is 0 Å². The molecule has 102 valence electrons. The van der Waals surface area contributed by atoms with Gasteiger partial charge in [0.25, 0.3) is 0 Å². The number of nitrogens with one attached hydrogen (secondary N) is 1. The van der Waals surface area contributed by atoms with E-state index in [1.54, 1.807) is 0 Å². The minimum atomic E-state index is 0.658. The normalized spacial score (nSPS) is 21.0. The van der Waals surface area contributed by atoms with E-state index in [-0.39, 0.29) is 0 Å². The molecule has 0 radical (unpaired) electrons. The van der Waals surface area contributed by atoms with E-state index in [0.29, 0.717) is 6.04 Å². The molecule has 3 nitrogen and oxygen atoms in total. The average molecular weight is 241 g/mol. The van der Waals surface area contributed by atoms with Gasteiger partial charge in [-0.15, -0.1) is 0 Å². The molecule has 1 atom stereocenters. The molecule has 1 saturated heterocycles. The first-order valence-electron chi connectivity index (χ1n) is 7.33. The zero-order chi connectivity index (χ0) is 12.7. The Morgan fingerprint density at radius 1 is 1.29 bits per heavy atom. The van der Waals surface area contributed by atoms with Crippen LogP contribution in [0.15, 0.2) is 0 Å². The predicted octanol–water partition coefficient (Wildman–Crippen LogP) is 1.79. The van der Waals surface area contributed by atoms with E-state index in [0.717, 1.165) is 12.6 Å². The molecule has 1 N–H and O–H groups in total. The van der Waals surface area contributed by atoms with Crippen LogP contribution in [0.2, 0.25) is 0 Å². The summed E-state index contributed by atoms with van der Waals surface area (Å²) < 4.78 is 0. The van der Waals surface area contributed by atoms with E-state index in [1.807, 2.05) is 0 Å². The van der Waals surface area contributed by atoms with Crippen LogP contribution in [0.4, 0.5) is 0 Å². The van der Waals surface area contributed by atoms with Crippen molar-refractivity contribution in [3.63, 3.8) is 0 Å². The molecule has 1 aliphatic heterocycles. The number of rotatable bonds is 7. The molecule has 0 spiro atoms. The van der Waals surface area contributed by atoms with Crippen LogP contribution in [0, 0.1) is 0 Å². The van der Waals surface area contributed by atoms with Crippen molar-refractivity contribution in [1.29, 1.82) is 0 Å². The van der Waals surface area contributed by atoms with Crippen molar-refractivity contribution < 1.29 is 0 Å². The smallest absolute Gasteiger partial charge is 0.0117 e. The molecule has 1 aliphatic rings. The van der Waals surface area contributed by atoms with Crippen molar-refractivity contribution in [1.82, 2.24) is 15.1 Å². The van der Waals surface area contributed by atoms with Crippen LogP contribution < -0.4 is 5.32 Å². The molecule has 0 bridgehead atoms. The summed E-state index contributed by atoms with van der Waals surface area (Å²) in [6.45, 7) is 12.9. The lowest BCUT2D eigenvalue weighted by Crippen LogP contribution is -2.45. The van der Waals surface area contributed by atoms with Gasteiger partial charge in [0.1, 0.15) is 0 Å². The van der Waals surface area contributed by atoms with Gasteiger partial charge in [-0.3, -0.25) is 0 Å².